The molecule has 0 aliphatic heterocycles. The summed E-state index contributed by atoms with van der Waals surface area (Å²) in [6.45, 7) is 5.39. The highest BCUT2D eigenvalue weighted by Gasteiger charge is 2.13. The van der Waals surface area contributed by atoms with Crippen molar-refractivity contribution in [2.24, 2.45) is 0 Å². The highest BCUT2D eigenvalue weighted by atomic mass is 16.6. The lowest BCUT2D eigenvalue weighted by Crippen LogP contribution is -2.27. The number of hydrogen-bond donors (Lipinski definition) is 1. The van der Waals surface area contributed by atoms with E-state index >= 15 is 0 Å². The van der Waals surface area contributed by atoms with E-state index in [4.69, 9.17) is 9.47 Å². The lowest BCUT2D eigenvalue weighted by Gasteiger charge is -2.15. The van der Waals surface area contributed by atoms with Crippen molar-refractivity contribution >= 4 is 5.97 Å². The first-order valence-corrected chi connectivity index (χ1v) is 24.3. The van der Waals surface area contributed by atoms with Gasteiger partial charge in [-0.25, -0.2) is 0 Å². The summed E-state index contributed by atoms with van der Waals surface area (Å²) in [5, 5.41) is 9.62. The van der Waals surface area contributed by atoms with E-state index in [0.29, 0.717) is 19.6 Å². The molecule has 1 unspecified atom stereocenters. The maximum atomic E-state index is 12.2. The van der Waals surface area contributed by atoms with Gasteiger partial charge in [0.2, 0.25) is 0 Å². The minimum absolute atomic E-state index is 0.169. The topological polar surface area (TPSA) is 55.8 Å². The van der Waals surface area contributed by atoms with Gasteiger partial charge in [-0.3, -0.25) is 4.79 Å². The number of aliphatic hydroxyl groups excluding tert-OH is 1. The number of rotatable bonds is 46. The third kappa shape index (κ3) is 45.4. The third-order valence-corrected chi connectivity index (χ3v) is 11.1. The van der Waals surface area contributed by atoms with Crippen molar-refractivity contribution in [3.63, 3.8) is 0 Å². The molecule has 0 saturated heterocycles. The molecule has 0 aromatic carbocycles. The number of aliphatic hydroxyl groups is 1. The van der Waals surface area contributed by atoms with Crippen LogP contribution in [0, 0.1) is 0 Å². The lowest BCUT2D eigenvalue weighted by molar-refractivity contribution is -0.154. The zero-order valence-corrected chi connectivity index (χ0v) is 36.3. The fourth-order valence-corrected chi connectivity index (χ4v) is 7.44. The van der Waals surface area contributed by atoms with Crippen LogP contribution < -0.4 is 0 Å². The monoisotopic (exact) mass is 749 g/mol. The standard InChI is InChI=1S/C49H96O4/c1-3-5-7-9-11-13-15-17-19-21-22-23-24-25-26-27-28-29-31-33-35-37-39-41-43-45-52-47-48(46-50)53-49(51)44-42-40-38-36-34-32-30-20-18-16-14-12-10-8-6-4-2/h20,30,48,50H,3-19,21-29,31-47H2,1-2H3/b30-20-. The maximum absolute atomic E-state index is 12.2. The van der Waals surface area contributed by atoms with Crippen molar-refractivity contribution in [2.45, 2.75) is 277 Å². The van der Waals surface area contributed by atoms with Gasteiger partial charge in [-0.15, -0.1) is 0 Å². The second-order valence-electron chi connectivity index (χ2n) is 16.5. The van der Waals surface area contributed by atoms with Crippen LogP contribution >= 0.6 is 0 Å². The number of carbonyl (C=O) groups excluding carboxylic acids is 1. The van der Waals surface area contributed by atoms with E-state index in [-0.39, 0.29) is 12.6 Å². The molecule has 0 aliphatic carbocycles. The minimum Gasteiger partial charge on any atom is -0.457 e. The number of carbonyl (C=O) groups is 1. The molecule has 0 fully saturated rings. The van der Waals surface area contributed by atoms with E-state index in [2.05, 4.69) is 26.0 Å². The SMILES string of the molecule is CCCCCCCCC/C=C\CCCCCCCC(=O)OC(CO)COCCCCCCCCCCCCCCCCCCCCCCCCCCC. The van der Waals surface area contributed by atoms with E-state index in [1.54, 1.807) is 0 Å². The van der Waals surface area contributed by atoms with E-state index in [1.807, 2.05) is 0 Å². The highest BCUT2D eigenvalue weighted by molar-refractivity contribution is 5.69. The summed E-state index contributed by atoms with van der Waals surface area (Å²) in [6.07, 6.45) is 57.3. The van der Waals surface area contributed by atoms with Crippen LogP contribution in [0.15, 0.2) is 12.2 Å². The van der Waals surface area contributed by atoms with E-state index in [9.17, 15) is 9.90 Å². The molecule has 1 N–H and O–H groups in total. The summed E-state index contributed by atoms with van der Waals surface area (Å²) in [7, 11) is 0. The zero-order chi connectivity index (χ0) is 38.4. The molecule has 0 spiro atoms. The molecule has 0 aromatic rings. The first kappa shape index (κ1) is 52.1. The predicted octanol–water partition coefficient (Wildman–Crippen LogP) is 16.1. The highest BCUT2D eigenvalue weighted by Crippen LogP contribution is 2.16. The van der Waals surface area contributed by atoms with Crippen molar-refractivity contribution in [3.05, 3.63) is 12.2 Å². The van der Waals surface area contributed by atoms with Gasteiger partial charge in [0.25, 0.3) is 0 Å². The molecule has 4 nitrogen and oxygen atoms in total. The molecule has 53 heavy (non-hydrogen) atoms. The molecule has 0 heterocycles. The van der Waals surface area contributed by atoms with Crippen LogP contribution in [0.4, 0.5) is 0 Å². The van der Waals surface area contributed by atoms with E-state index < -0.39 is 6.10 Å². The van der Waals surface area contributed by atoms with Crippen molar-refractivity contribution < 1.29 is 19.4 Å². The van der Waals surface area contributed by atoms with Gasteiger partial charge in [0.15, 0.2) is 0 Å². The van der Waals surface area contributed by atoms with Crippen LogP contribution in [-0.4, -0.2) is 37.0 Å². The molecular weight excluding hydrogens is 653 g/mol. The zero-order valence-electron chi connectivity index (χ0n) is 36.3. The number of ether oxygens (including phenoxy) is 2. The Kier molecular flexibility index (Phi) is 46.5. The summed E-state index contributed by atoms with van der Waals surface area (Å²) in [4.78, 5) is 12.2. The molecule has 316 valence electrons. The molecule has 0 aliphatic rings. The minimum atomic E-state index is -0.533. The molecule has 4 heteroatoms. The van der Waals surface area contributed by atoms with Gasteiger partial charge in [0.1, 0.15) is 6.10 Å². The van der Waals surface area contributed by atoms with Gasteiger partial charge < -0.3 is 14.6 Å². The molecule has 0 bridgehead atoms. The van der Waals surface area contributed by atoms with Crippen LogP contribution in [0.3, 0.4) is 0 Å². The number of allylic oxidation sites excluding steroid dienone is 2. The lowest BCUT2D eigenvalue weighted by atomic mass is 10.0. The Balaban J connectivity index is 3.34. The molecule has 0 rings (SSSR count). The first-order chi connectivity index (χ1) is 26.2. The van der Waals surface area contributed by atoms with Gasteiger partial charge in [-0.05, 0) is 38.5 Å². The normalized spacial score (nSPS) is 12.3. The number of esters is 1. The fraction of sp³-hybridized carbons (Fsp3) is 0.939. The van der Waals surface area contributed by atoms with Gasteiger partial charge in [-0.1, -0.05) is 238 Å². The Hall–Kier alpha value is -0.870. The Morgan fingerprint density at radius 1 is 0.434 bits per heavy atom. The third-order valence-electron chi connectivity index (χ3n) is 11.1. The van der Waals surface area contributed by atoms with Gasteiger partial charge >= 0.3 is 5.97 Å². The van der Waals surface area contributed by atoms with Crippen molar-refractivity contribution in [2.75, 3.05) is 19.8 Å². The Morgan fingerprint density at radius 3 is 1.08 bits per heavy atom. The molecule has 0 radical (unpaired) electrons. The van der Waals surface area contributed by atoms with Crippen molar-refractivity contribution in [1.29, 1.82) is 0 Å². The summed E-state index contributed by atoms with van der Waals surface area (Å²) in [6, 6.07) is 0. The average Bonchev–Trinajstić information content (AvgIpc) is 3.16. The summed E-state index contributed by atoms with van der Waals surface area (Å²) < 4.78 is 11.2. The largest absolute Gasteiger partial charge is 0.457 e. The fourth-order valence-electron chi connectivity index (χ4n) is 7.44. The summed E-state index contributed by atoms with van der Waals surface area (Å²) in [5.74, 6) is -0.203. The van der Waals surface area contributed by atoms with Gasteiger partial charge in [0.05, 0.1) is 13.2 Å². The predicted molar refractivity (Wildman–Crippen MR) is 233 cm³/mol. The number of hydrogen-bond acceptors (Lipinski definition) is 4. The van der Waals surface area contributed by atoms with Crippen LogP contribution in [0.1, 0.15) is 271 Å². The second kappa shape index (κ2) is 47.3. The smallest absolute Gasteiger partial charge is 0.306 e. The average molecular weight is 749 g/mol. The molecule has 0 aromatic heterocycles. The van der Waals surface area contributed by atoms with E-state index in [0.717, 1.165) is 19.3 Å². The quantitative estimate of drug-likeness (QED) is 0.0383. The number of unbranched alkanes of at least 4 members (excludes halogenated alkanes) is 36. The van der Waals surface area contributed by atoms with Crippen molar-refractivity contribution in [3.8, 4) is 0 Å². The summed E-state index contributed by atoms with van der Waals surface area (Å²) in [5.41, 5.74) is 0. The molecule has 0 amide bonds. The van der Waals surface area contributed by atoms with E-state index in [1.165, 1.54) is 231 Å². The van der Waals surface area contributed by atoms with Crippen molar-refractivity contribution in [1.82, 2.24) is 0 Å². The molecular formula is C49H96O4. The Bertz CT molecular complexity index is 707. The van der Waals surface area contributed by atoms with Crippen LogP contribution in [0.5, 0.6) is 0 Å². The Labute approximate surface area is 333 Å². The maximum Gasteiger partial charge on any atom is 0.306 e. The van der Waals surface area contributed by atoms with Crippen LogP contribution in [0.25, 0.3) is 0 Å². The second-order valence-corrected chi connectivity index (χ2v) is 16.5. The first-order valence-electron chi connectivity index (χ1n) is 24.3. The summed E-state index contributed by atoms with van der Waals surface area (Å²) >= 11 is 0. The van der Waals surface area contributed by atoms with Crippen LogP contribution in [-0.2, 0) is 14.3 Å². The van der Waals surface area contributed by atoms with Gasteiger partial charge in [-0.2, -0.15) is 0 Å². The Morgan fingerprint density at radius 2 is 0.736 bits per heavy atom. The van der Waals surface area contributed by atoms with Crippen LogP contribution in [0.2, 0.25) is 0 Å². The molecule has 0 saturated carbocycles. The van der Waals surface area contributed by atoms with Gasteiger partial charge in [0, 0.05) is 13.0 Å². The molecule has 1 atom stereocenters.